The molecule has 2 atom stereocenters. The zero-order valence-electron chi connectivity index (χ0n) is 15.9. The third kappa shape index (κ3) is 9.53. The Morgan fingerprint density at radius 2 is 1.08 bits per heavy atom. The van der Waals surface area contributed by atoms with Crippen molar-refractivity contribution in [2.75, 3.05) is 0 Å². The number of carbonyl (C=O) groups excluding carboxylic acids is 2. The van der Waals surface area contributed by atoms with Gasteiger partial charge in [-0.1, -0.05) is 52.7 Å². The first-order valence-electron chi connectivity index (χ1n) is 9.06. The van der Waals surface area contributed by atoms with Gasteiger partial charge in [0.2, 0.25) is 0 Å². The molecule has 0 saturated heterocycles. The first-order valence-corrected chi connectivity index (χ1v) is 9.06. The molecular formula is C20H34O4. The van der Waals surface area contributed by atoms with Crippen LogP contribution in [0.25, 0.3) is 0 Å². The van der Waals surface area contributed by atoms with E-state index in [2.05, 4.69) is 27.0 Å². The van der Waals surface area contributed by atoms with E-state index in [4.69, 9.17) is 9.47 Å². The lowest BCUT2D eigenvalue weighted by atomic mass is 10.0. The summed E-state index contributed by atoms with van der Waals surface area (Å²) in [7, 11) is 0. The minimum absolute atomic E-state index is 0.356. The maximum atomic E-state index is 12.0. The fourth-order valence-electron chi connectivity index (χ4n) is 2.31. The smallest absolute Gasteiger partial charge is 0.333 e. The van der Waals surface area contributed by atoms with Crippen molar-refractivity contribution < 1.29 is 19.1 Å². The molecule has 0 aliphatic heterocycles. The summed E-state index contributed by atoms with van der Waals surface area (Å²) in [5.41, 5.74) is 0.711. The molecule has 0 aliphatic rings. The molecule has 0 N–H and O–H groups in total. The number of esters is 2. The Balaban J connectivity index is 5.08. The van der Waals surface area contributed by atoms with Crippen LogP contribution in [0.5, 0.6) is 0 Å². The Kier molecular flexibility index (Phi) is 12.0. The molecule has 0 amide bonds. The minimum atomic E-state index is -0.430. The quantitative estimate of drug-likeness (QED) is 0.266. The second kappa shape index (κ2) is 12.8. The third-order valence-corrected chi connectivity index (χ3v) is 3.81. The van der Waals surface area contributed by atoms with Crippen molar-refractivity contribution in [2.24, 2.45) is 0 Å². The van der Waals surface area contributed by atoms with E-state index in [0.29, 0.717) is 24.0 Å². The van der Waals surface area contributed by atoms with E-state index in [-0.39, 0.29) is 0 Å². The summed E-state index contributed by atoms with van der Waals surface area (Å²) in [5.74, 6) is -0.855. The molecule has 0 saturated carbocycles. The van der Waals surface area contributed by atoms with Crippen LogP contribution < -0.4 is 0 Å². The summed E-state index contributed by atoms with van der Waals surface area (Å²) in [5, 5.41) is 0. The molecule has 0 aliphatic carbocycles. The van der Waals surface area contributed by atoms with Crippen LogP contribution in [-0.2, 0) is 19.1 Å². The molecule has 0 fully saturated rings. The Hall–Kier alpha value is -1.58. The Morgan fingerprint density at radius 3 is 1.33 bits per heavy atom. The lowest BCUT2D eigenvalue weighted by Crippen LogP contribution is -2.35. The summed E-state index contributed by atoms with van der Waals surface area (Å²) in [4.78, 5) is 23.9. The highest BCUT2D eigenvalue weighted by Crippen LogP contribution is 2.21. The fraction of sp³-hybridized carbons (Fsp3) is 0.700. The molecule has 0 aromatic heterocycles. The lowest BCUT2D eigenvalue weighted by Gasteiger charge is -2.27. The fourth-order valence-corrected chi connectivity index (χ4v) is 2.31. The highest BCUT2D eigenvalue weighted by molar-refractivity contribution is 5.88. The van der Waals surface area contributed by atoms with Gasteiger partial charge in [0.15, 0.2) is 0 Å². The van der Waals surface area contributed by atoms with Crippen LogP contribution in [-0.4, -0.2) is 24.1 Å². The Morgan fingerprint density at radius 1 is 0.750 bits per heavy atom. The van der Waals surface area contributed by atoms with E-state index in [0.717, 1.165) is 38.5 Å². The van der Waals surface area contributed by atoms with Crippen LogP contribution in [0.2, 0.25) is 0 Å². The third-order valence-electron chi connectivity index (χ3n) is 3.81. The van der Waals surface area contributed by atoms with Crippen LogP contribution in [0.3, 0.4) is 0 Å². The van der Waals surface area contributed by atoms with Gasteiger partial charge in [-0.15, -0.1) is 0 Å². The van der Waals surface area contributed by atoms with Crippen molar-refractivity contribution in [2.45, 2.75) is 91.3 Å². The number of unbranched alkanes of at least 4 members (excludes halogenated alkanes) is 4. The van der Waals surface area contributed by atoms with E-state index in [1.54, 1.807) is 13.8 Å². The van der Waals surface area contributed by atoms with Gasteiger partial charge < -0.3 is 9.47 Å². The molecule has 0 radical (unpaired) electrons. The molecule has 0 spiro atoms. The second-order valence-corrected chi connectivity index (χ2v) is 6.44. The number of ether oxygens (including phenoxy) is 2. The van der Waals surface area contributed by atoms with Crippen molar-refractivity contribution in [3.63, 3.8) is 0 Å². The summed E-state index contributed by atoms with van der Waals surface area (Å²) in [6.45, 7) is 14.7. The SMILES string of the molecule is C=C(C)C(=O)OC(CCCCC)C(CCCCC)OC(=O)C(=C)C. The normalized spacial score (nSPS) is 13.0. The summed E-state index contributed by atoms with van der Waals surface area (Å²) < 4.78 is 11.2. The maximum absolute atomic E-state index is 12.0. The van der Waals surface area contributed by atoms with Gasteiger partial charge >= 0.3 is 11.9 Å². The molecule has 24 heavy (non-hydrogen) atoms. The highest BCUT2D eigenvalue weighted by atomic mass is 16.6. The predicted octanol–water partition coefficient (Wildman–Crippen LogP) is 5.12. The molecule has 0 rings (SSSR count). The largest absolute Gasteiger partial charge is 0.455 e. The first kappa shape index (κ1) is 22.4. The van der Waals surface area contributed by atoms with E-state index in [1.807, 2.05) is 0 Å². The monoisotopic (exact) mass is 338 g/mol. The topological polar surface area (TPSA) is 52.6 Å². The maximum Gasteiger partial charge on any atom is 0.333 e. The number of hydrogen-bond donors (Lipinski definition) is 0. The zero-order chi connectivity index (χ0) is 18.5. The van der Waals surface area contributed by atoms with Gasteiger partial charge in [0.1, 0.15) is 12.2 Å². The van der Waals surface area contributed by atoms with E-state index in [9.17, 15) is 9.59 Å². The van der Waals surface area contributed by atoms with Gasteiger partial charge in [-0.05, 0) is 39.5 Å². The van der Waals surface area contributed by atoms with Gasteiger partial charge in [-0.25, -0.2) is 9.59 Å². The van der Waals surface area contributed by atoms with Crippen molar-refractivity contribution in [3.05, 3.63) is 24.3 Å². The standard InChI is InChI=1S/C20H34O4/c1-7-9-11-13-17(23-19(21)15(3)4)18(14-12-10-8-2)24-20(22)16(5)6/h17-18H,3,5,7-14H2,1-2,4,6H3. The molecule has 4 nitrogen and oxygen atoms in total. The average molecular weight is 338 g/mol. The van der Waals surface area contributed by atoms with Crippen LogP contribution in [0.15, 0.2) is 24.3 Å². The van der Waals surface area contributed by atoms with Crippen molar-refractivity contribution >= 4 is 11.9 Å². The van der Waals surface area contributed by atoms with Crippen molar-refractivity contribution in [1.29, 1.82) is 0 Å². The number of rotatable bonds is 13. The minimum Gasteiger partial charge on any atom is -0.455 e. The van der Waals surface area contributed by atoms with Crippen LogP contribution >= 0.6 is 0 Å². The highest BCUT2D eigenvalue weighted by Gasteiger charge is 2.28. The molecule has 0 aromatic rings. The number of carbonyl (C=O) groups is 2. The Bertz CT molecular complexity index is 385. The second-order valence-electron chi connectivity index (χ2n) is 6.44. The van der Waals surface area contributed by atoms with E-state index < -0.39 is 24.1 Å². The lowest BCUT2D eigenvalue weighted by molar-refractivity contribution is -0.164. The summed E-state index contributed by atoms with van der Waals surface area (Å²) in [6, 6.07) is 0. The van der Waals surface area contributed by atoms with Gasteiger partial charge in [-0.2, -0.15) is 0 Å². The molecule has 138 valence electrons. The molecule has 0 bridgehead atoms. The predicted molar refractivity (Wildman–Crippen MR) is 97.7 cm³/mol. The van der Waals surface area contributed by atoms with Crippen LogP contribution in [0.1, 0.15) is 79.1 Å². The molecule has 4 heteroatoms. The molecule has 0 aromatic carbocycles. The molecular weight excluding hydrogens is 304 g/mol. The molecule has 0 heterocycles. The Labute approximate surface area is 147 Å². The van der Waals surface area contributed by atoms with Crippen molar-refractivity contribution in [3.8, 4) is 0 Å². The van der Waals surface area contributed by atoms with E-state index in [1.165, 1.54) is 0 Å². The van der Waals surface area contributed by atoms with Gasteiger partial charge in [-0.3, -0.25) is 0 Å². The van der Waals surface area contributed by atoms with E-state index >= 15 is 0 Å². The zero-order valence-corrected chi connectivity index (χ0v) is 15.9. The summed E-state index contributed by atoms with van der Waals surface area (Å²) >= 11 is 0. The summed E-state index contributed by atoms with van der Waals surface area (Å²) in [6.07, 6.45) is 6.63. The first-order chi connectivity index (χ1) is 11.3. The number of hydrogen-bond acceptors (Lipinski definition) is 4. The molecule has 2 unspecified atom stereocenters. The van der Waals surface area contributed by atoms with Crippen molar-refractivity contribution in [1.82, 2.24) is 0 Å². The van der Waals surface area contributed by atoms with Gasteiger partial charge in [0.05, 0.1) is 0 Å². The average Bonchev–Trinajstić information content (AvgIpc) is 2.52. The van der Waals surface area contributed by atoms with Crippen LogP contribution in [0.4, 0.5) is 0 Å². The van der Waals surface area contributed by atoms with Gasteiger partial charge in [0, 0.05) is 11.1 Å². The van der Waals surface area contributed by atoms with Gasteiger partial charge in [0.25, 0.3) is 0 Å². The van der Waals surface area contributed by atoms with Crippen LogP contribution in [0, 0.1) is 0 Å².